The van der Waals surface area contributed by atoms with Gasteiger partial charge in [0.25, 0.3) is 0 Å². The molecule has 2 heterocycles. The Labute approximate surface area is 128 Å². The second kappa shape index (κ2) is 5.83. The van der Waals surface area contributed by atoms with E-state index in [1.165, 1.54) is 6.07 Å². The van der Waals surface area contributed by atoms with E-state index in [2.05, 4.69) is 0 Å². The fourth-order valence-corrected chi connectivity index (χ4v) is 3.04. The number of nitrogens with two attached hydrogens (primary N) is 1. The monoisotopic (exact) mass is 311 g/mol. The van der Waals surface area contributed by atoms with Crippen molar-refractivity contribution in [3.8, 4) is 0 Å². The molecule has 0 amide bonds. The Morgan fingerprint density at radius 3 is 3.05 bits per heavy atom. The van der Waals surface area contributed by atoms with Crippen molar-refractivity contribution in [1.29, 1.82) is 0 Å². The molecular weight excluding hydrogens is 294 g/mol. The van der Waals surface area contributed by atoms with Gasteiger partial charge in [-0.1, -0.05) is 11.6 Å². The maximum atomic E-state index is 12.3. The fraction of sp³-hybridized carbons (Fsp3) is 0.533. The van der Waals surface area contributed by atoms with Gasteiger partial charge in [-0.15, -0.1) is 0 Å². The van der Waals surface area contributed by atoms with Crippen LogP contribution in [0.5, 0.6) is 0 Å². The summed E-state index contributed by atoms with van der Waals surface area (Å²) >= 11 is 5.90. The molecule has 0 aliphatic carbocycles. The number of ether oxygens (including phenoxy) is 3. The van der Waals surface area contributed by atoms with Crippen LogP contribution in [0.25, 0.3) is 0 Å². The molecule has 2 N–H and O–H groups in total. The lowest BCUT2D eigenvalue weighted by Crippen LogP contribution is -2.43. The molecule has 2 fully saturated rings. The van der Waals surface area contributed by atoms with Crippen molar-refractivity contribution in [2.75, 3.05) is 25.6 Å². The molecule has 21 heavy (non-hydrogen) atoms. The Bertz CT molecular complexity index is 542. The summed E-state index contributed by atoms with van der Waals surface area (Å²) in [6, 6.07) is 4.79. The van der Waals surface area contributed by atoms with Gasteiger partial charge in [-0.25, -0.2) is 4.79 Å². The zero-order valence-corrected chi connectivity index (χ0v) is 12.4. The summed E-state index contributed by atoms with van der Waals surface area (Å²) < 4.78 is 16.8. The third-order valence-corrected chi connectivity index (χ3v) is 4.26. The van der Waals surface area contributed by atoms with Crippen LogP contribution >= 0.6 is 11.6 Å². The highest BCUT2D eigenvalue weighted by atomic mass is 35.5. The second-order valence-corrected chi connectivity index (χ2v) is 6.02. The van der Waals surface area contributed by atoms with Gasteiger partial charge in [-0.05, 0) is 18.2 Å². The van der Waals surface area contributed by atoms with E-state index in [1.54, 1.807) is 12.1 Å². The Morgan fingerprint density at radius 2 is 2.29 bits per heavy atom. The zero-order chi connectivity index (χ0) is 14.9. The molecule has 1 aromatic carbocycles. The van der Waals surface area contributed by atoms with Gasteiger partial charge in [-0.2, -0.15) is 0 Å². The quantitative estimate of drug-likeness (QED) is 0.671. The van der Waals surface area contributed by atoms with Crippen molar-refractivity contribution in [1.82, 2.24) is 0 Å². The largest absolute Gasteiger partial charge is 0.459 e. The molecule has 1 aromatic rings. The van der Waals surface area contributed by atoms with Crippen LogP contribution in [-0.2, 0) is 14.2 Å². The molecule has 0 bridgehead atoms. The molecule has 6 heteroatoms. The minimum Gasteiger partial charge on any atom is -0.459 e. The average molecular weight is 312 g/mol. The highest BCUT2D eigenvalue weighted by molar-refractivity contribution is 6.31. The first-order chi connectivity index (χ1) is 10.1. The van der Waals surface area contributed by atoms with Gasteiger partial charge in [0, 0.05) is 36.6 Å². The smallest absolute Gasteiger partial charge is 0.340 e. The number of esters is 1. The molecule has 0 radical (unpaired) electrons. The van der Waals surface area contributed by atoms with Gasteiger partial charge < -0.3 is 19.9 Å². The number of anilines is 1. The molecule has 2 saturated heterocycles. The third kappa shape index (κ3) is 3.15. The predicted octanol–water partition coefficient (Wildman–Crippen LogP) is 2.42. The van der Waals surface area contributed by atoms with Gasteiger partial charge in [-0.3, -0.25) is 0 Å². The lowest BCUT2D eigenvalue weighted by molar-refractivity contribution is -0.120. The summed E-state index contributed by atoms with van der Waals surface area (Å²) in [5, 5.41) is 0.462. The van der Waals surface area contributed by atoms with Gasteiger partial charge in [0.15, 0.2) is 0 Å². The van der Waals surface area contributed by atoms with Crippen molar-refractivity contribution in [3.63, 3.8) is 0 Å². The summed E-state index contributed by atoms with van der Waals surface area (Å²) in [4.78, 5) is 12.3. The lowest BCUT2D eigenvalue weighted by Gasteiger charge is -2.36. The number of rotatable bonds is 2. The summed E-state index contributed by atoms with van der Waals surface area (Å²) in [5.41, 5.74) is 6.20. The number of benzene rings is 1. The topological polar surface area (TPSA) is 70.8 Å². The number of nitrogen functional groups attached to an aromatic ring is 1. The van der Waals surface area contributed by atoms with Crippen LogP contribution in [0.4, 0.5) is 5.69 Å². The van der Waals surface area contributed by atoms with Crippen LogP contribution in [-0.4, -0.2) is 37.5 Å². The molecule has 0 aromatic heterocycles. The fourth-order valence-electron chi connectivity index (χ4n) is 2.87. The van der Waals surface area contributed by atoms with Crippen LogP contribution in [0.2, 0.25) is 5.02 Å². The van der Waals surface area contributed by atoms with Crippen molar-refractivity contribution in [3.05, 3.63) is 28.8 Å². The Balaban J connectivity index is 1.68. The Kier molecular flexibility index (Phi) is 4.06. The maximum absolute atomic E-state index is 12.3. The predicted molar refractivity (Wildman–Crippen MR) is 78.4 cm³/mol. The first-order valence-electron chi connectivity index (χ1n) is 7.06. The molecule has 2 unspecified atom stereocenters. The molecule has 2 aliphatic heterocycles. The second-order valence-electron chi connectivity index (χ2n) is 5.59. The van der Waals surface area contributed by atoms with Crippen molar-refractivity contribution >= 4 is 23.3 Å². The van der Waals surface area contributed by atoms with Crippen LogP contribution in [0.15, 0.2) is 18.2 Å². The van der Waals surface area contributed by atoms with E-state index in [4.69, 9.17) is 31.5 Å². The molecule has 5 nitrogen and oxygen atoms in total. The molecular formula is C15H18ClNO4. The van der Waals surface area contributed by atoms with Crippen LogP contribution in [0, 0.1) is 0 Å². The number of carbonyl (C=O) groups is 1. The molecule has 114 valence electrons. The minimum absolute atomic E-state index is 0.175. The van der Waals surface area contributed by atoms with Crippen molar-refractivity contribution in [2.45, 2.75) is 31.0 Å². The van der Waals surface area contributed by atoms with Crippen LogP contribution in [0.3, 0.4) is 0 Å². The van der Waals surface area contributed by atoms with Gasteiger partial charge >= 0.3 is 5.97 Å². The van der Waals surface area contributed by atoms with E-state index in [-0.39, 0.29) is 11.7 Å². The SMILES string of the molecule is Nc1ccc(Cl)cc1C(=O)OC1CCOC2(CCOC2)C1. The number of carbonyl (C=O) groups excluding carboxylic acids is 1. The first kappa shape index (κ1) is 14.6. The van der Waals surface area contributed by atoms with E-state index < -0.39 is 5.97 Å². The van der Waals surface area contributed by atoms with Crippen molar-refractivity contribution < 1.29 is 19.0 Å². The van der Waals surface area contributed by atoms with Gasteiger partial charge in [0.05, 0.1) is 24.4 Å². The molecule has 0 saturated carbocycles. The highest BCUT2D eigenvalue weighted by Crippen LogP contribution is 2.34. The summed E-state index contributed by atoms with van der Waals surface area (Å²) in [6.45, 7) is 1.84. The maximum Gasteiger partial charge on any atom is 0.340 e. The van der Waals surface area contributed by atoms with E-state index in [0.717, 1.165) is 6.42 Å². The number of hydrogen-bond acceptors (Lipinski definition) is 5. The van der Waals surface area contributed by atoms with Gasteiger partial charge in [0.1, 0.15) is 6.10 Å². The zero-order valence-electron chi connectivity index (χ0n) is 11.6. The summed E-state index contributed by atoms with van der Waals surface area (Å²) in [6.07, 6.45) is 2.03. The normalized spacial score (nSPS) is 28.7. The minimum atomic E-state index is -0.434. The Hall–Kier alpha value is -1.30. The van der Waals surface area contributed by atoms with E-state index in [0.29, 0.717) is 48.9 Å². The number of hydrogen-bond donors (Lipinski definition) is 1. The van der Waals surface area contributed by atoms with E-state index >= 15 is 0 Å². The van der Waals surface area contributed by atoms with E-state index in [9.17, 15) is 4.79 Å². The standard InChI is InChI=1S/C15H18ClNO4/c16-10-1-2-13(17)12(7-10)14(18)21-11-3-5-20-15(8-11)4-6-19-9-15/h1-2,7,11H,3-6,8-9,17H2. The van der Waals surface area contributed by atoms with Crippen molar-refractivity contribution in [2.24, 2.45) is 0 Å². The lowest BCUT2D eigenvalue weighted by atomic mass is 9.91. The highest BCUT2D eigenvalue weighted by Gasteiger charge is 2.42. The van der Waals surface area contributed by atoms with E-state index in [1.807, 2.05) is 0 Å². The number of halogens is 1. The summed E-state index contributed by atoms with van der Waals surface area (Å²) in [7, 11) is 0. The molecule has 3 rings (SSSR count). The Morgan fingerprint density at radius 1 is 1.43 bits per heavy atom. The first-order valence-corrected chi connectivity index (χ1v) is 7.43. The van der Waals surface area contributed by atoms with Crippen LogP contribution in [0.1, 0.15) is 29.6 Å². The molecule has 1 spiro atoms. The molecule has 2 atom stereocenters. The average Bonchev–Trinajstić information content (AvgIpc) is 2.89. The molecule has 2 aliphatic rings. The third-order valence-electron chi connectivity index (χ3n) is 4.02. The van der Waals surface area contributed by atoms with Gasteiger partial charge in [0.2, 0.25) is 0 Å². The summed E-state index contributed by atoms with van der Waals surface area (Å²) in [5.74, 6) is -0.434. The van der Waals surface area contributed by atoms with Crippen LogP contribution < -0.4 is 5.73 Å².